The van der Waals surface area contributed by atoms with Gasteiger partial charge < -0.3 is 10.1 Å². The van der Waals surface area contributed by atoms with Crippen molar-refractivity contribution >= 4 is 34.4 Å². The van der Waals surface area contributed by atoms with Gasteiger partial charge in [-0.1, -0.05) is 61.0 Å². The summed E-state index contributed by atoms with van der Waals surface area (Å²) in [7, 11) is 0. The van der Waals surface area contributed by atoms with Crippen molar-refractivity contribution in [1.82, 2.24) is 10.3 Å². The van der Waals surface area contributed by atoms with E-state index in [2.05, 4.69) is 10.3 Å². The van der Waals surface area contributed by atoms with Crippen LogP contribution in [0.1, 0.15) is 40.8 Å². The first-order valence-corrected chi connectivity index (χ1v) is 13.3. The molecule has 7 heteroatoms. The molecule has 2 aliphatic heterocycles. The third kappa shape index (κ3) is 3.80. The molecule has 39 heavy (non-hydrogen) atoms. The van der Waals surface area contributed by atoms with Crippen LogP contribution < -0.4 is 10.2 Å². The zero-order valence-electron chi connectivity index (χ0n) is 22.2. The normalized spacial score (nSPS) is 24.5. The highest BCUT2D eigenvalue weighted by Gasteiger charge is 2.68. The van der Waals surface area contributed by atoms with E-state index in [4.69, 9.17) is 0 Å². The molecule has 0 spiro atoms. The number of nitrogens with one attached hydrogen (secondary N) is 2. The number of carboxylic acid groups (broad SMARTS) is 1. The Morgan fingerprint density at radius 2 is 1.74 bits per heavy atom. The fourth-order valence-corrected chi connectivity index (χ4v) is 6.51. The lowest BCUT2D eigenvalue weighted by Crippen LogP contribution is -2.57. The third-order valence-electron chi connectivity index (χ3n) is 8.55. The predicted octanol–water partition coefficient (Wildman–Crippen LogP) is 4.86. The molecule has 7 nitrogen and oxygen atoms in total. The van der Waals surface area contributed by atoms with Gasteiger partial charge in [0.2, 0.25) is 11.8 Å². The average Bonchev–Trinajstić information content (AvgIpc) is 3.58. The number of aromatic nitrogens is 1. The van der Waals surface area contributed by atoms with Gasteiger partial charge in [0.25, 0.3) is 0 Å². The van der Waals surface area contributed by atoms with Gasteiger partial charge in [-0.25, -0.2) is 4.90 Å². The molecule has 2 amide bonds. The van der Waals surface area contributed by atoms with Crippen LogP contribution in [-0.4, -0.2) is 33.4 Å². The lowest BCUT2D eigenvalue weighted by Gasteiger charge is -2.31. The Morgan fingerprint density at radius 3 is 2.46 bits per heavy atom. The van der Waals surface area contributed by atoms with Gasteiger partial charge in [0, 0.05) is 29.6 Å². The number of aromatic amines is 1. The maximum atomic E-state index is 14.2. The summed E-state index contributed by atoms with van der Waals surface area (Å²) >= 11 is 0. The third-order valence-corrected chi connectivity index (χ3v) is 8.55. The number of anilines is 1. The van der Waals surface area contributed by atoms with Crippen LogP contribution in [0.2, 0.25) is 0 Å². The number of carbonyl (C=O) groups excluding carboxylic acids is 2. The number of carbonyl (C=O) groups is 3. The van der Waals surface area contributed by atoms with Crippen molar-refractivity contribution in [3.63, 3.8) is 0 Å². The van der Waals surface area contributed by atoms with Gasteiger partial charge in [0.05, 0.1) is 17.5 Å². The molecule has 0 saturated carbocycles. The second-order valence-electron chi connectivity index (χ2n) is 10.8. The maximum Gasteiger partial charge on any atom is 0.325 e. The molecule has 2 aliphatic rings. The molecule has 1 aromatic heterocycles. The number of aryl methyl sites for hydroxylation is 3. The van der Waals surface area contributed by atoms with Crippen molar-refractivity contribution < 1.29 is 19.5 Å². The number of benzene rings is 3. The second kappa shape index (κ2) is 9.20. The Morgan fingerprint density at radius 1 is 1.00 bits per heavy atom. The largest absolute Gasteiger partial charge is 0.480 e. The van der Waals surface area contributed by atoms with E-state index < -0.39 is 35.3 Å². The Hall–Kier alpha value is -4.23. The number of H-pyrrole nitrogens is 1. The lowest BCUT2D eigenvalue weighted by molar-refractivity contribution is -0.148. The Bertz CT molecular complexity index is 1620. The van der Waals surface area contributed by atoms with E-state index in [1.54, 1.807) is 18.3 Å². The summed E-state index contributed by atoms with van der Waals surface area (Å²) in [6.07, 6.45) is 2.69. The predicted molar refractivity (Wildman–Crippen MR) is 149 cm³/mol. The summed E-state index contributed by atoms with van der Waals surface area (Å²) in [6.45, 7) is 5.96. The molecule has 3 aromatic carbocycles. The first-order valence-electron chi connectivity index (χ1n) is 13.3. The molecule has 6 rings (SSSR count). The van der Waals surface area contributed by atoms with Crippen LogP contribution in [0.3, 0.4) is 0 Å². The number of imide groups is 1. The van der Waals surface area contributed by atoms with Crippen LogP contribution in [-0.2, 0) is 27.2 Å². The number of hydrogen-bond acceptors (Lipinski definition) is 4. The van der Waals surface area contributed by atoms with E-state index in [0.717, 1.165) is 45.1 Å². The van der Waals surface area contributed by atoms with Crippen LogP contribution in [0, 0.1) is 25.7 Å². The second-order valence-corrected chi connectivity index (χ2v) is 10.8. The molecule has 2 saturated heterocycles. The maximum absolute atomic E-state index is 14.2. The fourth-order valence-electron chi connectivity index (χ4n) is 6.51. The number of fused-ring (bicyclic) bond motifs is 2. The van der Waals surface area contributed by atoms with Crippen molar-refractivity contribution in [1.29, 1.82) is 0 Å². The highest BCUT2D eigenvalue weighted by atomic mass is 16.4. The summed E-state index contributed by atoms with van der Waals surface area (Å²) < 4.78 is 0. The van der Waals surface area contributed by atoms with E-state index in [9.17, 15) is 19.5 Å². The molecule has 4 aromatic rings. The smallest absolute Gasteiger partial charge is 0.325 e. The van der Waals surface area contributed by atoms with Crippen molar-refractivity contribution in [3.05, 3.63) is 101 Å². The summed E-state index contributed by atoms with van der Waals surface area (Å²) in [5, 5.41) is 15.1. The Kier molecular flexibility index (Phi) is 5.92. The summed E-state index contributed by atoms with van der Waals surface area (Å²) in [5.41, 5.74) is 4.35. The fraction of sp³-hybridized carbons (Fsp3) is 0.281. The molecule has 3 heterocycles. The highest BCUT2D eigenvalue weighted by molar-refractivity contribution is 6.24. The summed E-state index contributed by atoms with van der Waals surface area (Å²) in [5.74, 6) is -3.91. The van der Waals surface area contributed by atoms with Gasteiger partial charge in [0.15, 0.2) is 0 Å². The van der Waals surface area contributed by atoms with Gasteiger partial charge >= 0.3 is 5.97 Å². The number of carboxylic acids is 1. The molecule has 2 fully saturated rings. The van der Waals surface area contributed by atoms with E-state index in [1.807, 2.05) is 75.4 Å². The van der Waals surface area contributed by atoms with Crippen molar-refractivity contribution in [2.24, 2.45) is 11.8 Å². The van der Waals surface area contributed by atoms with Gasteiger partial charge in [-0.15, -0.1) is 0 Å². The number of nitrogens with zero attached hydrogens (tertiary/aromatic N) is 1. The minimum absolute atomic E-state index is 0.0521. The van der Waals surface area contributed by atoms with Crippen LogP contribution in [0.5, 0.6) is 0 Å². The molecule has 0 bridgehead atoms. The number of amides is 2. The van der Waals surface area contributed by atoms with Gasteiger partial charge in [-0.2, -0.15) is 0 Å². The monoisotopic (exact) mass is 521 g/mol. The topological polar surface area (TPSA) is 102 Å². The van der Waals surface area contributed by atoms with Gasteiger partial charge in [-0.3, -0.25) is 19.7 Å². The van der Waals surface area contributed by atoms with Gasteiger partial charge in [0.1, 0.15) is 5.54 Å². The van der Waals surface area contributed by atoms with Crippen molar-refractivity contribution in [3.8, 4) is 0 Å². The average molecular weight is 522 g/mol. The Balaban J connectivity index is 1.52. The molecule has 3 N–H and O–H groups in total. The molecular weight excluding hydrogens is 490 g/mol. The number of aliphatic carboxylic acids is 1. The van der Waals surface area contributed by atoms with Crippen LogP contribution in [0.25, 0.3) is 10.9 Å². The van der Waals surface area contributed by atoms with E-state index in [1.165, 1.54) is 4.90 Å². The Labute approximate surface area is 226 Å². The van der Waals surface area contributed by atoms with E-state index in [0.29, 0.717) is 5.69 Å². The van der Waals surface area contributed by atoms with Crippen LogP contribution in [0.15, 0.2) is 72.9 Å². The highest BCUT2D eigenvalue weighted by Crippen LogP contribution is 2.51. The zero-order chi connectivity index (χ0) is 27.5. The van der Waals surface area contributed by atoms with Crippen LogP contribution in [0.4, 0.5) is 5.69 Å². The number of hydrogen-bond donors (Lipinski definition) is 3. The van der Waals surface area contributed by atoms with Crippen LogP contribution >= 0.6 is 0 Å². The first-order chi connectivity index (χ1) is 18.7. The minimum atomic E-state index is -1.68. The summed E-state index contributed by atoms with van der Waals surface area (Å²) in [4.78, 5) is 46.0. The molecule has 198 valence electrons. The number of rotatable bonds is 6. The quantitative estimate of drug-likeness (QED) is 0.315. The molecular formula is C32H31N3O4. The molecule has 0 aliphatic carbocycles. The lowest BCUT2D eigenvalue weighted by atomic mass is 9.76. The van der Waals surface area contributed by atoms with E-state index >= 15 is 0 Å². The van der Waals surface area contributed by atoms with E-state index in [-0.39, 0.29) is 12.3 Å². The van der Waals surface area contributed by atoms with Gasteiger partial charge in [-0.05, 0) is 60.7 Å². The molecule has 4 atom stereocenters. The zero-order valence-corrected chi connectivity index (χ0v) is 22.2. The van der Waals surface area contributed by atoms with Crippen molar-refractivity contribution in [2.45, 2.75) is 45.2 Å². The minimum Gasteiger partial charge on any atom is -0.480 e. The first kappa shape index (κ1) is 25.1. The standard InChI is InChI=1S/C32H31N3O4/c1-4-20-11-13-22(14-12-20)35-29(36)26-27(30(35)37)32(31(38)39,16-21-17-33-25-8-6-5-7-23(21)25)34-28(26)24-15-18(2)9-10-19(24)3/h5-15,17,26-28,33-34H,4,16H2,1-3H3,(H,38,39). The SMILES string of the molecule is CCc1ccc(N2C(=O)C3C(c4cc(C)ccc4C)NC(Cc4c[nH]c5ccccc45)(C(=O)O)C3C2=O)cc1. The summed E-state index contributed by atoms with van der Waals surface area (Å²) in [6, 6.07) is 20.4. The number of para-hydroxylation sites is 1. The van der Waals surface area contributed by atoms with Crippen molar-refractivity contribution in [2.75, 3.05) is 4.90 Å². The molecule has 4 unspecified atom stereocenters. The molecule has 0 radical (unpaired) electrons.